The summed E-state index contributed by atoms with van der Waals surface area (Å²) in [4.78, 5) is 4.38. The van der Waals surface area contributed by atoms with Crippen LogP contribution in [-0.4, -0.2) is 4.98 Å². The molecule has 84 valence electrons. The van der Waals surface area contributed by atoms with Gasteiger partial charge in [-0.2, -0.15) is 0 Å². The van der Waals surface area contributed by atoms with Crippen LogP contribution in [0.4, 0.5) is 0 Å². The van der Waals surface area contributed by atoms with Gasteiger partial charge in [-0.05, 0) is 25.5 Å². The molecule has 1 aromatic heterocycles. The molecule has 0 saturated carbocycles. The summed E-state index contributed by atoms with van der Waals surface area (Å²) in [7, 11) is 0. The lowest BCUT2D eigenvalue weighted by atomic mass is 10.1. The highest BCUT2D eigenvalue weighted by Gasteiger charge is 1.97. The summed E-state index contributed by atoms with van der Waals surface area (Å²) < 4.78 is 0. The van der Waals surface area contributed by atoms with Gasteiger partial charge in [0.1, 0.15) is 0 Å². The van der Waals surface area contributed by atoms with Gasteiger partial charge in [0.05, 0.1) is 5.69 Å². The van der Waals surface area contributed by atoms with Gasteiger partial charge in [-0.25, -0.2) is 0 Å². The lowest BCUT2D eigenvalue weighted by molar-refractivity contribution is 1.27. The number of nitrogens with zero attached hydrogens (tertiary/aromatic N) is 1. The molecule has 0 atom stereocenters. The van der Waals surface area contributed by atoms with Crippen LogP contribution in [0.3, 0.4) is 0 Å². The molecule has 0 fully saturated rings. The fourth-order valence-electron chi connectivity index (χ4n) is 1.36. The summed E-state index contributed by atoms with van der Waals surface area (Å²) >= 11 is 0. The van der Waals surface area contributed by atoms with Crippen molar-refractivity contribution in [1.82, 2.24) is 4.98 Å². The lowest BCUT2D eigenvalue weighted by Crippen LogP contribution is -1.83. The van der Waals surface area contributed by atoms with Crippen LogP contribution in [-0.2, 0) is 0 Å². The zero-order chi connectivity index (χ0) is 12.0. The van der Waals surface area contributed by atoms with Gasteiger partial charge in [-0.1, -0.05) is 49.7 Å². The molecule has 0 saturated heterocycles. The van der Waals surface area contributed by atoms with Gasteiger partial charge in [0.2, 0.25) is 0 Å². The van der Waals surface area contributed by atoms with Gasteiger partial charge in [0, 0.05) is 11.8 Å². The molecule has 0 radical (unpaired) electrons. The topological polar surface area (TPSA) is 12.9 Å². The molecule has 16 heavy (non-hydrogen) atoms. The monoisotopic (exact) mass is 213 g/mol. The maximum absolute atomic E-state index is 4.38. The summed E-state index contributed by atoms with van der Waals surface area (Å²) in [5.74, 6) is 0. The molecule has 0 unspecified atom stereocenters. The Bertz CT molecular complexity index is 369. The second kappa shape index (κ2) is 6.06. The second-order valence-electron chi connectivity index (χ2n) is 3.59. The molecule has 0 spiro atoms. The molecule has 1 nitrogen and oxygen atoms in total. The molecule has 1 heterocycles. The third kappa shape index (κ3) is 3.20. The Balaban J connectivity index is 0.000000606. The van der Waals surface area contributed by atoms with Crippen molar-refractivity contribution in [2.24, 2.45) is 0 Å². The Morgan fingerprint density at radius 3 is 1.81 bits per heavy atom. The quantitative estimate of drug-likeness (QED) is 0.684. The van der Waals surface area contributed by atoms with E-state index in [1.54, 1.807) is 0 Å². The van der Waals surface area contributed by atoms with Crippen LogP contribution < -0.4 is 0 Å². The number of benzene rings is 1. The fraction of sp³-hybridized carbons (Fsp3) is 0.267. The van der Waals surface area contributed by atoms with Crippen molar-refractivity contribution < 1.29 is 0 Å². The van der Waals surface area contributed by atoms with E-state index < -0.39 is 0 Å². The average Bonchev–Trinajstić information content (AvgIpc) is 2.34. The van der Waals surface area contributed by atoms with Crippen molar-refractivity contribution in [2.45, 2.75) is 27.7 Å². The standard InChI is InChI=1S/C13H13N.C2H6/c1-10-3-6-12(7-4-10)13-8-5-11(2)9-14-13;1-2/h3-9H,1-2H3;1-2H3. The molecule has 0 bridgehead atoms. The van der Waals surface area contributed by atoms with Crippen LogP contribution in [0.15, 0.2) is 42.6 Å². The van der Waals surface area contributed by atoms with Crippen LogP contribution >= 0.6 is 0 Å². The van der Waals surface area contributed by atoms with E-state index in [9.17, 15) is 0 Å². The first-order valence-electron chi connectivity index (χ1n) is 5.75. The highest BCUT2D eigenvalue weighted by Crippen LogP contribution is 2.17. The van der Waals surface area contributed by atoms with Crippen molar-refractivity contribution in [3.63, 3.8) is 0 Å². The van der Waals surface area contributed by atoms with Crippen molar-refractivity contribution in [3.8, 4) is 11.3 Å². The second-order valence-corrected chi connectivity index (χ2v) is 3.59. The molecule has 0 N–H and O–H groups in total. The Morgan fingerprint density at radius 2 is 1.31 bits per heavy atom. The van der Waals surface area contributed by atoms with E-state index in [1.807, 2.05) is 27.0 Å². The van der Waals surface area contributed by atoms with Gasteiger partial charge in [-0.15, -0.1) is 0 Å². The lowest BCUT2D eigenvalue weighted by Gasteiger charge is -2.01. The molecular weight excluding hydrogens is 194 g/mol. The SMILES string of the molecule is CC.Cc1ccc(-c2ccc(C)cn2)cc1. The van der Waals surface area contributed by atoms with E-state index in [0.29, 0.717) is 0 Å². The average molecular weight is 213 g/mol. The number of hydrogen-bond donors (Lipinski definition) is 0. The Morgan fingerprint density at radius 1 is 0.750 bits per heavy atom. The summed E-state index contributed by atoms with van der Waals surface area (Å²) in [6.07, 6.45) is 1.90. The van der Waals surface area contributed by atoms with E-state index in [0.717, 1.165) is 5.69 Å². The highest BCUT2D eigenvalue weighted by atomic mass is 14.7. The number of hydrogen-bond acceptors (Lipinski definition) is 1. The van der Waals surface area contributed by atoms with E-state index in [4.69, 9.17) is 0 Å². The molecule has 0 aliphatic carbocycles. The van der Waals surface area contributed by atoms with Gasteiger partial charge in [0.25, 0.3) is 0 Å². The highest BCUT2D eigenvalue weighted by molar-refractivity contribution is 5.59. The Hall–Kier alpha value is -1.63. The zero-order valence-corrected chi connectivity index (χ0v) is 10.5. The molecule has 1 heteroatoms. The minimum absolute atomic E-state index is 1.04. The number of aromatic nitrogens is 1. The van der Waals surface area contributed by atoms with Gasteiger partial charge >= 0.3 is 0 Å². The minimum atomic E-state index is 1.04. The van der Waals surface area contributed by atoms with E-state index in [2.05, 4.69) is 48.3 Å². The van der Waals surface area contributed by atoms with E-state index in [1.165, 1.54) is 16.7 Å². The maximum Gasteiger partial charge on any atom is 0.0702 e. The predicted molar refractivity (Wildman–Crippen MR) is 70.5 cm³/mol. The number of aryl methyl sites for hydroxylation is 2. The smallest absolute Gasteiger partial charge is 0.0702 e. The van der Waals surface area contributed by atoms with Gasteiger partial charge in [-0.3, -0.25) is 4.98 Å². The molecule has 2 rings (SSSR count). The van der Waals surface area contributed by atoms with Crippen LogP contribution in [0.1, 0.15) is 25.0 Å². The molecule has 0 aliphatic rings. The molecule has 2 aromatic rings. The molecular formula is C15H19N. The Kier molecular flexibility index (Phi) is 4.71. The van der Waals surface area contributed by atoms with Crippen LogP contribution in [0.2, 0.25) is 0 Å². The summed E-state index contributed by atoms with van der Waals surface area (Å²) in [5, 5.41) is 0. The van der Waals surface area contributed by atoms with Gasteiger partial charge in [0.15, 0.2) is 0 Å². The third-order valence-corrected chi connectivity index (χ3v) is 2.26. The van der Waals surface area contributed by atoms with Crippen LogP contribution in [0, 0.1) is 13.8 Å². The van der Waals surface area contributed by atoms with Gasteiger partial charge < -0.3 is 0 Å². The number of rotatable bonds is 1. The van der Waals surface area contributed by atoms with Crippen LogP contribution in [0.25, 0.3) is 11.3 Å². The van der Waals surface area contributed by atoms with Crippen LogP contribution in [0.5, 0.6) is 0 Å². The molecule has 0 amide bonds. The Labute approximate surface area is 98.2 Å². The van der Waals surface area contributed by atoms with Crippen molar-refractivity contribution in [1.29, 1.82) is 0 Å². The normalized spacial score (nSPS) is 9.25. The first-order valence-corrected chi connectivity index (χ1v) is 5.75. The summed E-state index contributed by atoms with van der Waals surface area (Å²) in [5.41, 5.74) is 4.69. The maximum atomic E-state index is 4.38. The fourth-order valence-corrected chi connectivity index (χ4v) is 1.36. The largest absolute Gasteiger partial charge is 0.256 e. The van der Waals surface area contributed by atoms with Crippen molar-refractivity contribution in [2.75, 3.05) is 0 Å². The van der Waals surface area contributed by atoms with E-state index >= 15 is 0 Å². The van der Waals surface area contributed by atoms with Crippen molar-refractivity contribution >= 4 is 0 Å². The first kappa shape index (κ1) is 12.4. The van der Waals surface area contributed by atoms with E-state index in [-0.39, 0.29) is 0 Å². The predicted octanol–water partition coefficient (Wildman–Crippen LogP) is 4.39. The number of pyridine rings is 1. The first-order chi connectivity index (χ1) is 7.75. The minimum Gasteiger partial charge on any atom is -0.256 e. The summed E-state index contributed by atoms with van der Waals surface area (Å²) in [6.45, 7) is 8.14. The van der Waals surface area contributed by atoms with Crippen molar-refractivity contribution in [3.05, 3.63) is 53.7 Å². The third-order valence-electron chi connectivity index (χ3n) is 2.26. The zero-order valence-electron chi connectivity index (χ0n) is 10.5. The molecule has 0 aliphatic heterocycles. The summed E-state index contributed by atoms with van der Waals surface area (Å²) in [6, 6.07) is 12.6. The molecule has 1 aromatic carbocycles.